The number of β-amino-alcohol motifs (C(OH)–C–C–N with tert-alkyl or cyclic N) is 1. The number of allylic oxidation sites excluding steroid dienone is 1. The van der Waals surface area contributed by atoms with E-state index in [-0.39, 0.29) is 5.41 Å². The van der Waals surface area contributed by atoms with Crippen molar-refractivity contribution in [3.05, 3.63) is 71.3 Å². The van der Waals surface area contributed by atoms with Gasteiger partial charge in [-0.2, -0.15) is 0 Å². The van der Waals surface area contributed by atoms with Gasteiger partial charge in [0.1, 0.15) is 18.5 Å². The second-order valence-electron chi connectivity index (χ2n) is 7.58. The average Bonchev–Trinajstić information content (AvgIpc) is 2.95. The number of fused-ring (bicyclic) bond motifs is 2. The van der Waals surface area contributed by atoms with Gasteiger partial charge in [-0.15, -0.1) is 0 Å². The number of hydrogen-bond donors (Lipinski definition) is 1. The Morgan fingerprint density at radius 1 is 1.04 bits per heavy atom. The first-order valence-electron chi connectivity index (χ1n) is 9.54. The lowest BCUT2D eigenvalue weighted by molar-refractivity contribution is 0.0541. The summed E-state index contributed by atoms with van der Waals surface area (Å²) in [7, 11) is 0. The Kier molecular flexibility index (Phi) is 4.84. The van der Waals surface area contributed by atoms with Gasteiger partial charge in [0.25, 0.3) is 0 Å². The van der Waals surface area contributed by atoms with Gasteiger partial charge in [-0.3, -0.25) is 0 Å². The summed E-state index contributed by atoms with van der Waals surface area (Å²) in [5.74, 6) is 0.812. The molecule has 1 N–H and O–H groups in total. The Morgan fingerprint density at radius 2 is 1.73 bits per heavy atom. The molecule has 0 unspecified atom stereocenters. The molecule has 4 rings (SSSR count). The Morgan fingerprint density at radius 3 is 2.50 bits per heavy atom. The zero-order chi connectivity index (χ0) is 18.0. The van der Waals surface area contributed by atoms with Gasteiger partial charge in [0.2, 0.25) is 0 Å². The maximum atomic E-state index is 10.4. The molecule has 26 heavy (non-hydrogen) atoms. The van der Waals surface area contributed by atoms with Gasteiger partial charge in [-0.05, 0) is 56.1 Å². The Bertz CT molecular complexity index is 776. The highest BCUT2D eigenvalue weighted by Crippen LogP contribution is 2.48. The number of aliphatic hydroxyl groups is 1. The van der Waals surface area contributed by atoms with Crippen molar-refractivity contribution in [3.63, 3.8) is 0 Å². The van der Waals surface area contributed by atoms with Crippen molar-refractivity contribution in [1.82, 2.24) is 4.90 Å². The number of rotatable bonds is 5. The molecule has 2 aliphatic rings. The molecule has 2 aromatic rings. The predicted octanol–water partition coefficient (Wildman–Crippen LogP) is 3.88. The molecule has 0 saturated carbocycles. The van der Waals surface area contributed by atoms with Crippen LogP contribution < -0.4 is 4.74 Å². The Labute approximate surface area is 155 Å². The van der Waals surface area contributed by atoms with Crippen LogP contribution in [0.5, 0.6) is 5.75 Å². The molecular weight excluding hydrogens is 322 g/mol. The van der Waals surface area contributed by atoms with Crippen LogP contribution in [0.1, 0.15) is 30.9 Å². The number of para-hydroxylation sites is 1. The summed E-state index contributed by atoms with van der Waals surface area (Å²) >= 11 is 0. The lowest BCUT2D eigenvalue weighted by Crippen LogP contribution is -2.46. The summed E-state index contributed by atoms with van der Waals surface area (Å²) in [4.78, 5) is 2.37. The summed E-state index contributed by atoms with van der Waals surface area (Å²) in [5.41, 5.74) is 4.57. The SMILES string of the molecule is CC1=Cc2ccccc2C12CCN(C[C@H](O)COc1ccccc1)CC2. The third kappa shape index (κ3) is 3.29. The molecule has 2 aromatic carbocycles. The minimum Gasteiger partial charge on any atom is -0.491 e. The summed E-state index contributed by atoms with van der Waals surface area (Å²) in [6.07, 6.45) is 4.14. The van der Waals surface area contributed by atoms with Gasteiger partial charge in [0.05, 0.1) is 0 Å². The fourth-order valence-corrected chi connectivity index (χ4v) is 4.48. The number of nitrogens with zero attached hydrogens (tertiary/aromatic N) is 1. The predicted molar refractivity (Wildman–Crippen MR) is 105 cm³/mol. The second kappa shape index (κ2) is 7.26. The van der Waals surface area contributed by atoms with Crippen LogP contribution in [0.3, 0.4) is 0 Å². The average molecular weight is 349 g/mol. The molecule has 1 saturated heterocycles. The molecule has 1 aliphatic heterocycles. The summed E-state index contributed by atoms with van der Waals surface area (Å²) in [5, 5.41) is 10.4. The summed E-state index contributed by atoms with van der Waals surface area (Å²) in [6.45, 7) is 5.32. The van der Waals surface area contributed by atoms with Gasteiger partial charge < -0.3 is 14.7 Å². The van der Waals surface area contributed by atoms with Crippen LogP contribution >= 0.6 is 0 Å². The fraction of sp³-hybridized carbons (Fsp3) is 0.391. The van der Waals surface area contributed by atoms with Crippen molar-refractivity contribution in [2.24, 2.45) is 0 Å². The quantitative estimate of drug-likeness (QED) is 0.889. The highest BCUT2D eigenvalue weighted by Gasteiger charge is 2.41. The highest BCUT2D eigenvalue weighted by molar-refractivity contribution is 5.69. The fourth-order valence-electron chi connectivity index (χ4n) is 4.48. The van der Waals surface area contributed by atoms with Gasteiger partial charge >= 0.3 is 0 Å². The van der Waals surface area contributed by atoms with E-state index >= 15 is 0 Å². The topological polar surface area (TPSA) is 32.7 Å². The van der Waals surface area contributed by atoms with E-state index in [9.17, 15) is 5.11 Å². The Hall–Kier alpha value is -2.10. The van der Waals surface area contributed by atoms with Gasteiger partial charge in [-0.1, -0.05) is 54.1 Å². The minimum absolute atomic E-state index is 0.207. The first-order valence-corrected chi connectivity index (χ1v) is 9.54. The Balaban J connectivity index is 1.32. The molecule has 1 spiro atoms. The highest BCUT2D eigenvalue weighted by atomic mass is 16.5. The molecule has 1 aliphatic carbocycles. The molecule has 3 nitrogen and oxygen atoms in total. The second-order valence-corrected chi connectivity index (χ2v) is 7.58. The number of benzene rings is 2. The van der Waals surface area contributed by atoms with E-state index in [1.54, 1.807) is 0 Å². The molecule has 0 amide bonds. The maximum absolute atomic E-state index is 10.4. The number of piperidine rings is 1. The summed E-state index contributed by atoms with van der Waals surface area (Å²) in [6, 6.07) is 18.5. The van der Waals surface area contributed by atoms with Crippen LogP contribution in [0.15, 0.2) is 60.2 Å². The molecule has 0 aromatic heterocycles. The van der Waals surface area contributed by atoms with E-state index in [2.05, 4.69) is 42.2 Å². The van der Waals surface area contributed by atoms with Crippen molar-refractivity contribution in [1.29, 1.82) is 0 Å². The molecule has 1 atom stereocenters. The van der Waals surface area contributed by atoms with E-state index in [4.69, 9.17) is 4.74 Å². The number of ether oxygens (including phenoxy) is 1. The van der Waals surface area contributed by atoms with Crippen molar-refractivity contribution in [2.75, 3.05) is 26.2 Å². The van der Waals surface area contributed by atoms with Gasteiger partial charge in [0.15, 0.2) is 0 Å². The smallest absolute Gasteiger partial charge is 0.119 e. The van der Waals surface area contributed by atoms with Crippen LogP contribution in [0, 0.1) is 0 Å². The van der Waals surface area contributed by atoms with Crippen LogP contribution in [0.2, 0.25) is 0 Å². The third-order valence-electron chi connectivity index (χ3n) is 5.97. The lowest BCUT2D eigenvalue weighted by atomic mass is 9.70. The molecule has 3 heteroatoms. The molecule has 0 bridgehead atoms. The van der Waals surface area contributed by atoms with Crippen molar-refractivity contribution >= 4 is 6.08 Å². The zero-order valence-electron chi connectivity index (χ0n) is 15.4. The van der Waals surface area contributed by atoms with Gasteiger partial charge in [-0.25, -0.2) is 0 Å². The standard InChI is InChI=1S/C23H27NO2/c1-18-15-19-7-5-6-10-22(19)23(18)11-13-24(14-12-23)16-20(25)17-26-21-8-3-2-4-9-21/h2-10,15,20,25H,11-14,16-17H2,1H3/t20-/m0/s1. The maximum Gasteiger partial charge on any atom is 0.119 e. The number of hydrogen-bond acceptors (Lipinski definition) is 3. The first kappa shape index (κ1) is 17.3. The van der Waals surface area contributed by atoms with E-state index < -0.39 is 6.10 Å². The number of aliphatic hydroxyl groups excluding tert-OH is 1. The minimum atomic E-state index is -0.461. The monoisotopic (exact) mass is 349 g/mol. The van der Waals surface area contributed by atoms with E-state index in [0.29, 0.717) is 13.2 Å². The first-order chi connectivity index (χ1) is 12.7. The summed E-state index contributed by atoms with van der Waals surface area (Å²) < 4.78 is 5.68. The van der Waals surface area contributed by atoms with E-state index in [1.165, 1.54) is 16.7 Å². The molecule has 0 radical (unpaired) electrons. The molecule has 1 fully saturated rings. The lowest BCUT2D eigenvalue weighted by Gasteiger charge is -2.42. The van der Waals surface area contributed by atoms with E-state index in [1.807, 2.05) is 30.3 Å². The van der Waals surface area contributed by atoms with Crippen molar-refractivity contribution in [3.8, 4) is 5.75 Å². The largest absolute Gasteiger partial charge is 0.491 e. The van der Waals surface area contributed by atoms with Crippen LogP contribution in [0.25, 0.3) is 6.08 Å². The van der Waals surface area contributed by atoms with Crippen LogP contribution in [-0.4, -0.2) is 42.4 Å². The van der Waals surface area contributed by atoms with Gasteiger partial charge in [0, 0.05) is 12.0 Å². The molecular formula is C23H27NO2. The van der Waals surface area contributed by atoms with E-state index in [0.717, 1.165) is 31.7 Å². The zero-order valence-corrected chi connectivity index (χ0v) is 15.4. The van der Waals surface area contributed by atoms with Crippen molar-refractivity contribution in [2.45, 2.75) is 31.3 Å². The molecule has 1 heterocycles. The number of likely N-dealkylation sites (tertiary alicyclic amines) is 1. The van der Waals surface area contributed by atoms with Crippen LogP contribution in [-0.2, 0) is 5.41 Å². The van der Waals surface area contributed by atoms with Crippen LogP contribution in [0.4, 0.5) is 0 Å². The van der Waals surface area contributed by atoms with Crippen molar-refractivity contribution < 1.29 is 9.84 Å². The molecule has 136 valence electrons. The third-order valence-corrected chi connectivity index (χ3v) is 5.97. The normalized spacial score (nSPS) is 19.8.